The maximum Gasteiger partial charge on any atom is 0.138 e. The van der Waals surface area contributed by atoms with Gasteiger partial charge in [-0.05, 0) is 40.5 Å². The molecule has 0 spiro atoms. The molecule has 3 rings (SSSR count). The summed E-state index contributed by atoms with van der Waals surface area (Å²) in [7, 11) is 0. The van der Waals surface area contributed by atoms with Gasteiger partial charge >= 0.3 is 0 Å². The van der Waals surface area contributed by atoms with E-state index in [0.717, 1.165) is 28.0 Å². The molecule has 0 radical (unpaired) electrons. The van der Waals surface area contributed by atoms with E-state index in [1.54, 1.807) is 0 Å². The molecule has 0 saturated carbocycles. The highest BCUT2D eigenvalue weighted by molar-refractivity contribution is 9.10. The molecule has 2 aromatic carbocycles. The first-order valence-corrected chi connectivity index (χ1v) is 8.22. The van der Waals surface area contributed by atoms with Crippen molar-refractivity contribution in [1.82, 2.24) is 0 Å². The molecule has 1 aliphatic heterocycles. The molecule has 1 unspecified atom stereocenters. The van der Waals surface area contributed by atoms with Gasteiger partial charge in [-0.25, -0.2) is 0 Å². The van der Waals surface area contributed by atoms with Crippen LogP contribution in [0.15, 0.2) is 40.9 Å². The number of hydrogen-bond donors (Lipinski definition) is 0. The van der Waals surface area contributed by atoms with Crippen LogP contribution in [0.3, 0.4) is 0 Å². The number of ether oxygens (including phenoxy) is 2. The van der Waals surface area contributed by atoms with Gasteiger partial charge in [0.25, 0.3) is 0 Å². The van der Waals surface area contributed by atoms with Crippen molar-refractivity contribution in [3.8, 4) is 11.5 Å². The van der Waals surface area contributed by atoms with Crippen LogP contribution in [0.25, 0.3) is 0 Å². The number of fused-ring (bicyclic) bond motifs is 1. The molecule has 4 heteroatoms. The van der Waals surface area contributed by atoms with Gasteiger partial charge in [-0.2, -0.15) is 0 Å². The van der Waals surface area contributed by atoms with E-state index in [4.69, 9.17) is 21.1 Å². The Hall–Kier alpha value is -1.19. The van der Waals surface area contributed by atoms with Gasteiger partial charge in [-0.1, -0.05) is 29.8 Å². The van der Waals surface area contributed by atoms with Gasteiger partial charge in [-0.15, -0.1) is 11.6 Å². The van der Waals surface area contributed by atoms with E-state index in [2.05, 4.69) is 35.0 Å². The lowest BCUT2D eigenvalue weighted by Gasteiger charge is -2.15. The van der Waals surface area contributed by atoms with Gasteiger partial charge in [0.2, 0.25) is 0 Å². The Morgan fingerprint density at radius 1 is 1.33 bits per heavy atom. The molecule has 1 atom stereocenters. The molecule has 0 aliphatic carbocycles. The summed E-state index contributed by atoms with van der Waals surface area (Å²) in [4.78, 5) is 0. The maximum atomic E-state index is 5.96. The smallest absolute Gasteiger partial charge is 0.138 e. The van der Waals surface area contributed by atoms with Crippen LogP contribution < -0.4 is 9.47 Å². The van der Waals surface area contributed by atoms with Gasteiger partial charge in [0, 0.05) is 12.0 Å². The third-order valence-corrected chi connectivity index (χ3v) is 4.48. The molecule has 0 bridgehead atoms. The fourth-order valence-electron chi connectivity index (χ4n) is 2.54. The molecular formula is C17H16BrClO2. The minimum atomic E-state index is 0.0529. The fourth-order valence-corrected chi connectivity index (χ4v) is 3.27. The van der Waals surface area contributed by atoms with E-state index >= 15 is 0 Å². The predicted octanol–water partition coefficient (Wildman–Crippen LogP) is 4.88. The molecule has 2 nitrogen and oxygen atoms in total. The average Bonchev–Trinajstić information content (AvgIpc) is 2.87. The molecule has 1 heterocycles. The fraction of sp³-hybridized carbons (Fsp3) is 0.294. The summed E-state index contributed by atoms with van der Waals surface area (Å²) >= 11 is 9.47. The first-order chi connectivity index (χ1) is 10.2. The van der Waals surface area contributed by atoms with Crippen molar-refractivity contribution in [2.24, 2.45) is 0 Å². The van der Waals surface area contributed by atoms with Crippen molar-refractivity contribution in [1.29, 1.82) is 0 Å². The van der Waals surface area contributed by atoms with Gasteiger partial charge in [0.05, 0.1) is 10.4 Å². The van der Waals surface area contributed by atoms with Crippen LogP contribution in [0.1, 0.15) is 16.7 Å². The molecule has 21 heavy (non-hydrogen) atoms. The van der Waals surface area contributed by atoms with Gasteiger partial charge in [0.15, 0.2) is 0 Å². The quantitative estimate of drug-likeness (QED) is 0.717. The monoisotopic (exact) mass is 366 g/mol. The van der Waals surface area contributed by atoms with E-state index < -0.39 is 0 Å². The number of benzene rings is 2. The van der Waals surface area contributed by atoms with Crippen LogP contribution >= 0.6 is 27.5 Å². The van der Waals surface area contributed by atoms with Crippen LogP contribution in [0.5, 0.6) is 11.5 Å². The van der Waals surface area contributed by atoms with Crippen molar-refractivity contribution in [3.63, 3.8) is 0 Å². The maximum absolute atomic E-state index is 5.96. The lowest BCUT2D eigenvalue weighted by Crippen LogP contribution is -2.22. The molecule has 0 amide bonds. The van der Waals surface area contributed by atoms with Crippen molar-refractivity contribution >= 4 is 27.5 Å². The number of para-hydroxylation sites is 1. The zero-order chi connectivity index (χ0) is 14.8. The van der Waals surface area contributed by atoms with E-state index in [1.807, 2.05) is 24.3 Å². The number of alkyl halides is 1. The number of hydrogen-bond acceptors (Lipinski definition) is 2. The lowest BCUT2D eigenvalue weighted by atomic mass is 10.1. The second kappa shape index (κ2) is 6.29. The zero-order valence-electron chi connectivity index (χ0n) is 11.7. The van der Waals surface area contributed by atoms with Crippen LogP contribution in [0, 0.1) is 6.92 Å². The summed E-state index contributed by atoms with van der Waals surface area (Å²) in [6.07, 6.45) is 0.939. The summed E-state index contributed by atoms with van der Waals surface area (Å²) in [5.41, 5.74) is 3.50. The lowest BCUT2D eigenvalue weighted by molar-refractivity contribution is 0.147. The standard InChI is InChI=1S/C17H16BrClO2/c1-11-5-6-16-13(7-11)8-14(21-16)10-20-17-12(9-19)3-2-4-15(17)18/h2-7,14H,8-10H2,1H3. The Kier molecular flexibility index (Phi) is 4.41. The highest BCUT2D eigenvalue weighted by atomic mass is 79.9. The van der Waals surface area contributed by atoms with Gasteiger partial charge < -0.3 is 9.47 Å². The van der Waals surface area contributed by atoms with Gasteiger partial charge in [-0.3, -0.25) is 0 Å². The molecule has 0 fully saturated rings. The van der Waals surface area contributed by atoms with Crippen LogP contribution in [0.4, 0.5) is 0 Å². The number of aryl methyl sites for hydroxylation is 1. The van der Waals surface area contributed by atoms with Crippen LogP contribution in [-0.2, 0) is 12.3 Å². The second-order valence-corrected chi connectivity index (χ2v) is 6.35. The predicted molar refractivity (Wildman–Crippen MR) is 88.5 cm³/mol. The Morgan fingerprint density at radius 2 is 2.19 bits per heavy atom. The molecule has 0 saturated heterocycles. The summed E-state index contributed by atoms with van der Waals surface area (Å²) in [6, 6.07) is 12.2. The molecule has 0 aromatic heterocycles. The van der Waals surface area contributed by atoms with Gasteiger partial charge in [0.1, 0.15) is 24.2 Å². The first-order valence-electron chi connectivity index (χ1n) is 6.89. The summed E-state index contributed by atoms with van der Waals surface area (Å²) < 4.78 is 12.8. The van der Waals surface area contributed by atoms with Crippen molar-refractivity contribution in [3.05, 3.63) is 57.6 Å². The van der Waals surface area contributed by atoms with Crippen molar-refractivity contribution in [2.45, 2.75) is 25.3 Å². The van der Waals surface area contributed by atoms with E-state index in [0.29, 0.717) is 12.5 Å². The summed E-state index contributed by atoms with van der Waals surface area (Å²) in [6.45, 7) is 2.61. The Bertz CT molecular complexity index is 657. The molecule has 110 valence electrons. The third-order valence-electron chi connectivity index (χ3n) is 3.56. The SMILES string of the molecule is Cc1ccc2c(c1)CC(COc1c(Br)cccc1CCl)O2. The highest BCUT2D eigenvalue weighted by Crippen LogP contribution is 2.33. The third kappa shape index (κ3) is 3.19. The van der Waals surface area contributed by atoms with Crippen LogP contribution in [0.2, 0.25) is 0 Å². The average molecular weight is 368 g/mol. The molecule has 1 aliphatic rings. The molecule has 0 N–H and O–H groups in total. The largest absolute Gasteiger partial charge is 0.488 e. The Balaban J connectivity index is 1.68. The first kappa shape index (κ1) is 14.7. The Morgan fingerprint density at radius 3 is 3.00 bits per heavy atom. The van der Waals surface area contributed by atoms with E-state index in [1.165, 1.54) is 11.1 Å². The highest BCUT2D eigenvalue weighted by Gasteiger charge is 2.24. The van der Waals surface area contributed by atoms with Crippen molar-refractivity contribution < 1.29 is 9.47 Å². The summed E-state index contributed by atoms with van der Waals surface area (Å²) in [5, 5.41) is 0. The normalized spacial score (nSPS) is 16.4. The Labute approximate surface area is 138 Å². The molecular weight excluding hydrogens is 352 g/mol. The zero-order valence-corrected chi connectivity index (χ0v) is 14.1. The summed E-state index contributed by atoms with van der Waals surface area (Å²) in [5.74, 6) is 2.21. The number of rotatable bonds is 4. The van der Waals surface area contributed by atoms with Crippen LogP contribution in [-0.4, -0.2) is 12.7 Å². The minimum absolute atomic E-state index is 0.0529. The van der Waals surface area contributed by atoms with E-state index in [-0.39, 0.29) is 6.10 Å². The second-order valence-electron chi connectivity index (χ2n) is 5.23. The topological polar surface area (TPSA) is 18.5 Å². The number of halogens is 2. The van der Waals surface area contributed by atoms with E-state index in [9.17, 15) is 0 Å². The molecule has 2 aromatic rings. The minimum Gasteiger partial charge on any atom is -0.488 e. The van der Waals surface area contributed by atoms with Crippen molar-refractivity contribution in [2.75, 3.05) is 6.61 Å².